The van der Waals surface area contributed by atoms with Crippen LogP contribution in [0.25, 0.3) is 0 Å². The Kier molecular flexibility index (Phi) is 7.04. The minimum atomic E-state index is -1.12. The van der Waals surface area contributed by atoms with Crippen LogP contribution in [0.5, 0.6) is 0 Å². The molecule has 0 aliphatic heterocycles. The van der Waals surface area contributed by atoms with Crippen LogP contribution in [-0.4, -0.2) is 61.1 Å². The molecule has 1 aromatic rings. The van der Waals surface area contributed by atoms with E-state index in [1.807, 2.05) is 6.07 Å². The molecule has 0 heterocycles. The highest BCUT2D eigenvalue weighted by molar-refractivity contribution is 5.88. The molecule has 7 heteroatoms. The number of nitrogens with zero attached hydrogens (tertiary/aromatic N) is 1. The molecule has 0 fully saturated rings. The molecule has 22 heavy (non-hydrogen) atoms. The van der Waals surface area contributed by atoms with Gasteiger partial charge in [-0.05, 0) is 5.56 Å². The molecule has 0 unspecified atom stereocenters. The van der Waals surface area contributed by atoms with Crippen LogP contribution in [0, 0.1) is 0 Å². The highest BCUT2D eigenvalue weighted by Gasteiger charge is 2.21. The molecule has 0 saturated carbocycles. The van der Waals surface area contributed by atoms with Crippen molar-refractivity contribution in [1.82, 2.24) is 10.2 Å². The summed E-state index contributed by atoms with van der Waals surface area (Å²) < 4.78 is 4.69. The first-order valence-electron chi connectivity index (χ1n) is 6.73. The zero-order valence-electron chi connectivity index (χ0n) is 12.6. The number of benzene rings is 1. The van der Waals surface area contributed by atoms with Gasteiger partial charge in [0.2, 0.25) is 11.8 Å². The van der Waals surface area contributed by atoms with Gasteiger partial charge in [0.15, 0.2) is 0 Å². The van der Waals surface area contributed by atoms with Crippen LogP contribution in [-0.2, 0) is 25.5 Å². The van der Waals surface area contributed by atoms with Crippen LogP contribution in [0.15, 0.2) is 30.3 Å². The lowest BCUT2D eigenvalue weighted by atomic mass is 10.1. The summed E-state index contributed by atoms with van der Waals surface area (Å²) in [5.41, 5.74) is 0.805. The molecular weight excluding hydrogens is 288 g/mol. The van der Waals surface area contributed by atoms with E-state index < -0.39 is 17.9 Å². The van der Waals surface area contributed by atoms with Crippen LogP contribution in [0.2, 0.25) is 0 Å². The number of amides is 2. The maximum atomic E-state index is 11.9. The standard InChI is InChI=1S/C15H20N2O5/c1-17(14(19)10-22-2)9-13(18)16-12(15(20)21)8-11-6-4-3-5-7-11/h3-7,12H,8-10H2,1-2H3,(H,16,18)(H,20,21)/t12-/m1/s1. The second-order valence-corrected chi connectivity index (χ2v) is 4.83. The Morgan fingerprint density at radius 3 is 2.45 bits per heavy atom. The molecule has 7 nitrogen and oxygen atoms in total. The molecule has 2 N–H and O–H groups in total. The molecule has 1 atom stereocenters. The lowest BCUT2D eigenvalue weighted by Crippen LogP contribution is -2.47. The lowest BCUT2D eigenvalue weighted by molar-refractivity contribution is -0.142. The van der Waals surface area contributed by atoms with Gasteiger partial charge >= 0.3 is 5.97 Å². The van der Waals surface area contributed by atoms with E-state index >= 15 is 0 Å². The number of aliphatic carboxylic acids is 1. The van der Waals surface area contributed by atoms with Crippen molar-refractivity contribution in [1.29, 1.82) is 0 Å². The first kappa shape index (κ1) is 17.6. The smallest absolute Gasteiger partial charge is 0.326 e. The predicted molar refractivity (Wildman–Crippen MR) is 79.2 cm³/mol. The van der Waals surface area contributed by atoms with Crippen molar-refractivity contribution in [3.63, 3.8) is 0 Å². The molecule has 0 radical (unpaired) electrons. The normalized spacial score (nSPS) is 11.5. The molecule has 1 rings (SSSR count). The third-order valence-corrected chi connectivity index (χ3v) is 2.99. The summed E-state index contributed by atoms with van der Waals surface area (Å²) in [6, 6.07) is 7.96. The molecule has 0 aliphatic rings. The number of carbonyl (C=O) groups excluding carboxylic acids is 2. The van der Waals surface area contributed by atoms with Crippen LogP contribution in [0.1, 0.15) is 5.56 Å². The summed E-state index contributed by atoms with van der Waals surface area (Å²) in [6.07, 6.45) is 0.178. The van der Waals surface area contributed by atoms with Crippen LogP contribution >= 0.6 is 0 Å². The van der Waals surface area contributed by atoms with E-state index in [1.165, 1.54) is 19.1 Å². The number of ether oxygens (including phenoxy) is 1. The summed E-state index contributed by atoms with van der Waals surface area (Å²) in [5.74, 6) is -2.01. The lowest BCUT2D eigenvalue weighted by Gasteiger charge is -2.19. The summed E-state index contributed by atoms with van der Waals surface area (Å²) in [6.45, 7) is -0.350. The van der Waals surface area contributed by atoms with Gasteiger partial charge in [-0.25, -0.2) is 4.79 Å². The molecule has 2 amide bonds. The maximum Gasteiger partial charge on any atom is 0.326 e. The van der Waals surface area contributed by atoms with Gasteiger partial charge in [0.25, 0.3) is 0 Å². The molecule has 0 aliphatic carbocycles. The average molecular weight is 308 g/mol. The van der Waals surface area contributed by atoms with Crippen molar-refractivity contribution >= 4 is 17.8 Å². The number of carboxylic acid groups (broad SMARTS) is 1. The molecule has 120 valence electrons. The Morgan fingerprint density at radius 2 is 1.91 bits per heavy atom. The van der Waals surface area contributed by atoms with Crippen molar-refractivity contribution in [3.05, 3.63) is 35.9 Å². The Hall–Kier alpha value is -2.41. The predicted octanol–water partition coefficient (Wildman–Crippen LogP) is -0.0967. The zero-order valence-corrected chi connectivity index (χ0v) is 12.6. The summed E-state index contributed by atoms with van der Waals surface area (Å²) >= 11 is 0. The fourth-order valence-corrected chi connectivity index (χ4v) is 1.83. The maximum absolute atomic E-state index is 11.9. The van der Waals surface area contributed by atoms with Gasteiger partial charge in [0.05, 0.1) is 6.54 Å². The fourth-order valence-electron chi connectivity index (χ4n) is 1.83. The van der Waals surface area contributed by atoms with Gasteiger partial charge in [-0.1, -0.05) is 30.3 Å². The largest absolute Gasteiger partial charge is 0.480 e. The van der Waals surface area contributed by atoms with E-state index in [2.05, 4.69) is 10.1 Å². The number of carbonyl (C=O) groups is 3. The fraction of sp³-hybridized carbons (Fsp3) is 0.400. The number of hydrogen-bond acceptors (Lipinski definition) is 4. The average Bonchev–Trinajstić information content (AvgIpc) is 2.47. The van der Waals surface area contributed by atoms with E-state index in [0.717, 1.165) is 5.56 Å². The summed E-state index contributed by atoms with van der Waals surface area (Å²) in [4.78, 5) is 35.8. The van der Waals surface area contributed by atoms with Gasteiger partial charge < -0.3 is 20.1 Å². The third-order valence-electron chi connectivity index (χ3n) is 2.99. The second kappa shape index (κ2) is 8.78. The Bertz CT molecular complexity index is 518. The van der Waals surface area contributed by atoms with Crippen molar-refractivity contribution in [2.75, 3.05) is 27.3 Å². The van der Waals surface area contributed by atoms with E-state index in [4.69, 9.17) is 0 Å². The van der Waals surface area contributed by atoms with Crippen molar-refractivity contribution in [2.24, 2.45) is 0 Å². The van der Waals surface area contributed by atoms with Gasteiger partial charge in [-0.3, -0.25) is 9.59 Å². The van der Waals surface area contributed by atoms with Gasteiger partial charge in [0.1, 0.15) is 12.6 Å². The number of rotatable bonds is 8. The van der Waals surface area contributed by atoms with Crippen molar-refractivity contribution in [2.45, 2.75) is 12.5 Å². The van der Waals surface area contributed by atoms with Crippen molar-refractivity contribution in [3.8, 4) is 0 Å². The molecule has 0 aromatic heterocycles. The van der Waals surface area contributed by atoms with Crippen LogP contribution in [0.4, 0.5) is 0 Å². The number of carboxylic acids is 1. The summed E-state index contributed by atoms with van der Waals surface area (Å²) in [7, 11) is 2.83. The Labute approximate surface area is 128 Å². The molecule has 0 spiro atoms. The summed E-state index contributed by atoms with van der Waals surface area (Å²) in [5, 5.41) is 11.6. The van der Waals surface area contributed by atoms with E-state index in [-0.39, 0.29) is 25.5 Å². The number of nitrogens with one attached hydrogen (secondary N) is 1. The minimum absolute atomic E-state index is 0.129. The first-order valence-corrected chi connectivity index (χ1v) is 6.73. The topological polar surface area (TPSA) is 95.9 Å². The minimum Gasteiger partial charge on any atom is -0.480 e. The second-order valence-electron chi connectivity index (χ2n) is 4.83. The third kappa shape index (κ3) is 5.92. The molecular formula is C15H20N2O5. The van der Waals surface area contributed by atoms with E-state index in [1.54, 1.807) is 24.3 Å². The number of likely N-dealkylation sites (N-methyl/N-ethyl adjacent to an activating group) is 1. The van der Waals surface area contributed by atoms with E-state index in [9.17, 15) is 19.5 Å². The van der Waals surface area contributed by atoms with Crippen LogP contribution < -0.4 is 5.32 Å². The van der Waals surface area contributed by atoms with Crippen molar-refractivity contribution < 1.29 is 24.2 Å². The van der Waals surface area contributed by atoms with E-state index in [0.29, 0.717) is 0 Å². The highest BCUT2D eigenvalue weighted by Crippen LogP contribution is 2.03. The van der Waals surface area contributed by atoms with Gasteiger partial charge in [-0.2, -0.15) is 0 Å². The molecule has 0 saturated heterocycles. The van der Waals surface area contributed by atoms with Crippen LogP contribution in [0.3, 0.4) is 0 Å². The Balaban J connectivity index is 2.58. The monoisotopic (exact) mass is 308 g/mol. The zero-order chi connectivity index (χ0) is 16.5. The quantitative estimate of drug-likeness (QED) is 0.699. The SMILES string of the molecule is COCC(=O)N(C)CC(=O)N[C@H](Cc1ccccc1)C(=O)O. The number of methoxy groups -OCH3 is 1. The number of hydrogen-bond donors (Lipinski definition) is 2. The van der Waals surface area contributed by atoms with Gasteiger partial charge in [0, 0.05) is 20.6 Å². The highest BCUT2D eigenvalue weighted by atomic mass is 16.5. The molecule has 1 aromatic carbocycles. The Morgan fingerprint density at radius 1 is 1.27 bits per heavy atom. The van der Waals surface area contributed by atoms with Gasteiger partial charge in [-0.15, -0.1) is 0 Å². The first-order chi connectivity index (χ1) is 10.4. The molecule has 0 bridgehead atoms.